The van der Waals surface area contributed by atoms with Gasteiger partial charge in [-0.05, 0) is 6.07 Å². The van der Waals surface area contributed by atoms with Crippen molar-refractivity contribution in [3.8, 4) is 0 Å². The normalized spacial score (nSPS) is 10.2. The van der Waals surface area contributed by atoms with E-state index >= 15 is 0 Å². The molecule has 2 aromatic heterocycles. The summed E-state index contributed by atoms with van der Waals surface area (Å²) in [5, 5.41) is 11.6. The largest absolute Gasteiger partial charge is 0.375 e. The van der Waals surface area contributed by atoms with Crippen molar-refractivity contribution in [2.75, 3.05) is 5.73 Å². The van der Waals surface area contributed by atoms with Crippen LogP contribution in [0, 0.1) is 0 Å². The number of hydrogen-bond acceptors (Lipinski definition) is 5. The highest BCUT2D eigenvalue weighted by Gasteiger charge is 2.06. The van der Waals surface area contributed by atoms with Gasteiger partial charge in [-0.15, -0.1) is 11.3 Å². The number of hydrogen-bond donors (Lipinski definition) is 3. The Hall–Kier alpha value is -1.89. The molecule has 0 saturated heterocycles. The van der Waals surface area contributed by atoms with Gasteiger partial charge in [0.25, 0.3) is 0 Å². The lowest BCUT2D eigenvalue weighted by Crippen LogP contribution is -2.24. The van der Waals surface area contributed by atoms with Crippen LogP contribution in [-0.2, 0) is 17.8 Å². The van der Waals surface area contributed by atoms with Crippen LogP contribution in [-0.4, -0.2) is 21.1 Å². The molecule has 0 fully saturated rings. The van der Waals surface area contributed by atoms with E-state index in [2.05, 4.69) is 20.5 Å². The molecule has 0 aliphatic carbocycles. The summed E-state index contributed by atoms with van der Waals surface area (Å²) < 4.78 is 0. The summed E-state index contributed by atoms with van der Waals surface area (Å²) in [6.07, 6.45) is 1.89. The van der Waals surface area contributed by atoms with Gasteiger partial charge >= 0.3 is 0 Å². The number of nitrogen functional groups attached to an aromatic ring is 1. The van der Waals surface area contributed by atoms with Gasteiger partial charge in [0.05, 0.1) is 24.4 Å². The zero-order chi connectivity index (χ0) is 11.4. The number of rotatable bonds is 4. The number of nitrogens with two attached hydrogens (primary N) is 1. The van der Waals surface area contributed by atoms with Crippen LogP contribution in [0.5, 0.6) is 0 Å². The van der Waals surface area contributed by atoms with Gasteiger partial charge in [0, 0.05) is 11.6 Å². The lowest BCUT2D eigenvalue weighted by Gasteiger charge is -2.01. The van der Waals surface area contributed by atoms with Crippen LogP contribution in [0.2, 0.25) is 0 Å². The Kier molecular flexibility index (Phi) is 3.16. The minimum atomic E-state index is -0.0834. The van der Waals surface area contributed by atoms with Gasteiger partial charge in [-0.2, -0.15) is 5.10 Å². The van der Waals surface area contributed by atoms with E-state index in [9.17, 15) is 4.79 Å². The Morgan fingerprint density at radius 1 is 1.62 bits per heavy atom. The second-order valence-electron chi connectivity index (χ2n) is 3.21. The number of carbonyl (C=O) groups excluding carboxylic acids is 1. The van der Waals surface area contributed by atoms with Gasteiger partial charge in [0.15, 0.2) is 5.13 Å². The van der Waals surface area contributed by atoms with Crippen LogP contribution in [0.3, 0.4) is 0 Å². The molecule has 2 aromatic rings. The number of H-pyrrole nitrogens is 1. The van der Waals surface area contributed by atoms with Crippen molar-refractivity contribution in [2.45, 2.75) is 13.0 Å². The number of thiazole rings is 1. The number of nitrogens with zero attached hydrogens (tertiary/aromatic N) is 2. The van der Waals surface area contributed by atoms with E-state index in [0.29, 0.717) is 17.4 Å². The van der Waals surface area contributed by atoms with Gasteiger partial charge in [0.2, 0.25) is 5.91 Å². The fraction of sp³-hybridized carbons (Fsp3) is 0.222. The molecule has 0 atom stereocenters. The maximum atomic E-state index is 11.5. The average molecular weight is 237 g/mol. The molecule has 84 valence electrons. The Labute approximate surface area is 95.9 Å². The molecule has 2 rings (SSSR count). The van der Waals surface area contributed by atoms with E-state index in [1.807, 2.05) is 0 Å². The number of aromatic amines is 1. The lowest BCUT2D eigenvalue weighted by molar-refractivity contribution is -0.120. The van der Waals surface area contributed by atoms with E-state index in [1.165, 1.54) is 11.3 Å². The fourth-order valence-electron chi connectivity index (χ4n) is 1.21. The van der Waals surface area contributed by atoms with E-state index in [-0.39, 0.29) is 12.3 Å². The molecule has 6 nitrogen and oxygen atoms in total. The third-order valence-corrected chi connectivity index (χ3v) is 2.67. The van der Waals surface area contributed by atoms with Crippen LogP contribution in [0.25, 0.3) is 0 Å². The molecule has 0 aliphatic heterocycles. The predicted octanol–water partition coefficient (Wildman–Crippen LogP) is 0.307. The molecule has 0 unspecified atom stereocenters. The van der Waals surface area contributed by atoms with Crippen molar-refractivity contribution in [3.05, 3.63) is 29.0 Å². The first-order chi connectivity index (χ1) is 7.74. The highest BCUT2D eigenvalue weighted by atomic mass is 32.1. The third-order valence-electron chi connectivity index (χ3n) is 1.95. The Morgan fingerprint density at radius 2 is 2.50 bits per heavy atom. The number of anilines is 1. The fourth-order valence-corrected chi connectivity index (χ4v) is 1.77. The van der Waals surface area contributed by atoms with Crippen molar-refractivity contribution >= 4 is 22.4 Å². The minimum Gasteiger partial charge on any atom is -0.375 e. The third kappa shape index (κ3) is 2.80. The molecule has 1 amide bonds. The van der Waals surface area contributed by atoms with Gasteiger partial charge < -0.3 is 11.1 Å². The zero-order valence-corrected chi connectivity index (χ0v) is 9.25. The first-order valence-electron chi connectivity index (χ1n) is 4.69. The molecule has 16 heavy (non-hydrogen) atoms. The number of carbonyl (C=O) groups is 1. The molecule has 0 bridgehead atoms. The number of amides is 1. The SMILES string of the molecule is Nc1nc(CC(=O)NCc2ccn[nH]2)cs1. The molecule has 0 radical (unpaired) electrons. The molecule has 0 spiro atoms. The monoisotopic (exact) mass is 237 g/mol. The maximum Gasteiger partial charge on any atom is 0.226 e. The molecule has 2 heterocycles. The molecule has 7 heteroatoms. The summed E-state index contributed by atoms with van der Waals surface area (Å²) in [6.45, 7) is 0.443. The Balaban J connectivity index is 1.81. The highest BCUT2D eigenvalue weighted by Crippen LogP contribution is 2.11. The van der Waals surface area contributed by atoms with Gasteiger partial charge in [0.1, 0.15) is 0 Å². The van der Waals surface area contributed by atoms with Gasteiger partial charge in [-0.25, -0.2) is 4.98 Å². The van der Waals surface area contributed by atoms with Gasteiger partial charge in [-0.1, -0.05) is 0 Å². The van der Waals surface area contributed by atoms with Gasteiger partial charge in [-0.3, -0.25) is 9.89 Å². The maximum absolute atomic E-state index is 11.5. The Bertz CT molecular complexity index is 464. The van der Waals surface area contributed by atoms with Crippen LogP contribution < -0.4 is 11.1 Å². The summed E-state index contributed by atoms with van der Waals surface area (Å²) in [5.41, 5.74) is 7.03. The minimum absolute atomic E-state index is 0.0834. The van der Waals surface area contributed by atoms with Crippen LogP contribution in [0.1, 0.15) is 11.4 Å². The smallest absolute Gasteiger partial charge is 0.226 e. The summed E-state index contributed by atoms with van der Waals surface area (Å²) in [4.78, 5) is 15.5. The summed E-state index contributed by atoms with van der Waals surface area (Å²) in [7, 11) is 0. The second-order valence-corrected chi connectivity index (χ2v) is 4.10. The number of nitrogens with one attached hydrogen (secondary N) is 2. The molecule has 0 aromatic carbocycles. The van der Waals surface area contributed by atoms with E-state index in [4.69, 9.17) is 5.73 Å². The topological polar surface area (TPSA) is 96.7 Å². The summed E-state index contributed by atoms with van der Waals surface area (Å²) in [6, 6.07) is 1.81. The van der Waals surface area contributed by atoms with Crippen molar-refractivity contribution in [1.29, 1.82) is 0 Å². The molecule has 0 aliphatic rings. The van der Waals surface area contributed by atoms with Crippen LogP contribution in [0.15, 0.2) is 17.6 Å². The predicted molar refractivity (Wildman–Crippen MR) is 60.7 cm³/mol. The molecular weight excluding hydrogens is 226 g/mol. The Morgan fingerprint density at radius 3 is 3.12 bits per heavy atom. The standard InChI is InChI=1S/C9H11N5OS/c10-9-13-7(5-16-9)3-8(15)11-4-6-1-2-12-14-6/h1-2,5H,3-4H2,(H2,10,13)(H,11,15)(H,12,14). The second kappa shape index (κ2) is 4.75. The highest BCUT2D eigenvalue weighted by molar-refractivity contribution is 7.13. The molecule has 4 N–H and O–H groups in total. The quantitative estimate of drug-likeness (QED) is 0.712. The summed E-state index contributed by atoms with van der Waals surface area (Å²) in [5.74, 6) is -0.0834. The van der Waals surface area contributed by atoms with E-state index in [1.54, 1.807) is 17.6 Å². The molecular formula is C9H11N5OS. The first kappa shape index (κ1) is 10.6. The van der Waals surface area contributed by atoms with Crippen molar-refractivity contribution in [1.82, 2.24) is 20.5 Å². The lowest BCUT2D eigenvalue weighted by atomic mass is 10.3. The van der Waals surface area contributed by atoms with Crippen molar-refractivity contribution in [2.24, 2.45) is 0 Å². The van der Waals surface area contributed by atoms with Crippen LogP contribution in [0.4, 0.5) is 5.13 Å². The number of aromatic nitrogens is 3. The van der Waals surface area contributed by atoms with E-state index in [0.717, 1.165) is 5.69 Å². The summed E-state index contributed by atoms with van der Waals surface area (Å²) >= 11 is 1.33. The van der Waals surface area contributed by atoms with Crippen molar-refractivity contribution < 1.29 is 4.79 Å². The average Bonchev–Trinajstić information content (AvgIpc) is 2.87. The first-order valence-corrected chi connectivity index (χ1v) is 5.57. The zero-order valence-electron chi connectivity index (χ0n) is 8.43. The van der Waals surface area contributed by atoms with Crippen molar-refractivity contribution in [3.63, 3.8) is 0 Å². The van der Waals surface area contributed by atoms with E-state index < -0.39 is 0 Å². The van der Waals surface area contributed by atoms with Crippen LogP contribution >= 0.6 is 11.3 Å². The molecule has 0 saturated carbocycles.